The third kappa shape index (κ3) is 3.67. The van der Waals surface area contributed by atoms with Gasteiger partial charge >= 0.3 is 0 Å². The van der Waals surface area contributed by atoms with E-state index in [1.165, 1.54) is 0 Å². The molecule has 0 aromatic carbocycles. The lowest BCUT2D eigenvalue weighted by Crippen LogP contribution is -2.31. The van der Waals surface area contributed by atoms with Crippen LogP contribution in [0.3, 0.4) is 0 Å². The lowest BCUT2D eigenvalue weighted by atomic mass is 10.2. The van der Waals surface area contributed by atoms with Gasteiger partial charge in [-0.05, 0) is 19.9 Å². The molecule has 0 aliphatic heterocycles. The van der Waals surface area contributed by atoms with Crippen LogP contribution in [0.2, 0.25) is 0 Å². The van der Waals surface area contributed by atoms with Crippen LogP contribution in [0.1, 0.15) is 21.9 Å². The van der Waals surface area contributed by atoms with Crippen molar-refractivity contribution in [2.45, 2.75) is 13.8 Å². The molecule has 7 heteroatoms. The van der Waals surface area contributed by atoms with E-state index in [9.17, 15) is 13.2 Å². The lowest BCUT2D eigenvalue weighted by molar-refractivity contribution is 0.0954. The standard InChI is InChI=1S/C9H14N2O4S/c1-6-5-8(7(2)15-6)9(12)11-3-4-16(10,13)14/h5H,3-4H2,1-2H3,(H,11,12)(H2,10,13,14). The summed E-state index contributed by atoms with van der Waals surface area (Å²) in [7, 11) is -3.55. The minimum atomic E-state index is -3.55. The molecule has 0 spiro atoms. The number of sulfonamides is 1. The van der Waals surface area contributed by atoms with Crippen molar-refractivity contribution >= 4 is 15.9 Å². The number of hydrogen-bond donors (Lipinski definition) is 2. The molecule has 3 N–H and O–H groups in total. The molecule has 0 saturated carbocycles. The van der Waals surface area contributed by atoms with Gasteiger partial charge in [-0.3, -0.25) is 4.79 Å². The molecule has 0 fully saturated rings. The van der Waals surface area contributed by atoms with Crippen LogP contribution in [0.15, 0.2) is 10.5 Å². The molecule has 0 atom stereocenters. The third-order valence-corrected chi connectivity index (χ3v) is 2.73. The van der Waals surface area contributed by atoms with Crippen LogP contribution >= 0.6 is 0 Å². The van der Waals surface area contributed by atoms with Gasteiger partial charge in [0.15, 0.2) is 0 Å². The van der Waals surface area contributed by atoms with Crippen molar-refractivity contribution in [1.82, 2.24) is 5.32 Å². The Labute approximate surface area is 93.9 Å². The van der Waals surface area contributed by atoms with Crippen molar-refractivity contribution in [2.24, 2.45) is 5.14 Å². The summed E-state index contributed by atoms with van der Waals surface area (Å²) in [5, 5.41) is 7.25. The number of primary sulfonamides is 1. The first-order valence-corrected chi connectivity index (χ1v) is 6.37. The Morgan fingerprint density at radius 3 is 2.56 bits per heavy atom. The van der Waals surface area contributed by atoms with Crippen molar-refractivity contribution in [2.75, 3.05) is 12.3 Å². The van der Waals surface area contributed by atoms with E-state index in [2.05, 4.69) is 5.32 Å². The highest BCUT2D eigenvalue weighted by Gasteiger charge is 2.13. The average Bonchev–Trinajstić information content (AvgIpc) is 2.43. The Bertz CT molecular complexity index is 490. The quantitative estimate of drug-likeness (QED) is 0.775. The lowest BCUT2D eigenvalue weighted by Gasteiger charge is -2.02. The number of aryl methyl sites for hydroxylation is 2. The monoisotopic (exact) mass is 246 g/mol. The van der Waals surface area contributed by atoms with Crippen LogP contribution < -0.4 is 10.5 Å². The van der Waals surface area contributed by atoms with E-state index in [0.29, 0.717) is 17.1 Å². The molecule has 1 heterocycles. The Hall–Kier alpha value is -1.34. The summed E-state index contributed by atoms with van der Waals surface area (Å²) in [5.74, 6) is 0.493. The topological polar surface area (TPSA) is 102 Å². The summed E-state index contributed by atoms with van der Waals surface area (Å²) in [6.07, 6.45) is 0. The zero-order valence-corrected chi connectivity index (χ0v) is 9.93. The van der Waals surface area contributed by atoms with Crippen LogP contribution in [0.5, 0.6) is 0 Å². The van der Waals surface area contributed by atoms with E-state index in [4.69, 9.17) is 9.56 Å². The Morgan fingerprint density at radius 2 is 2.12 bits per heavy atom. The average molecular weight is 246 g/mol. The van der Waals surface area contributed by atoms with Crippen molar-refractivity contribution < 1.29 is 17.6 Å². The molecule has 1 aromatic heterocycles. The fourth-order valence-electron chi connectivity index (χ4n) is 1.26. The molecule has 1 amide bonds. The molecule has 90 valence electrons. The molecule has 0 radical (unpaired) electrons. The number of hydrogen-bond acceptors (Lipinski definition) is 4. The number of rotatable bonds is 4. The maximum atomic E-state index is 11.6. The van der Waals surface area contributed by atoms with Gasteiger partial charge < -0.3 is 9.73 Å². The minimum absolute atomic E-state index is 0.0126. The van der Waals surface area contributed by atoms with Crippen LogP contribution in [0, 0.1) is 13.8 Å². The van der Waals surface area contributed by atoms with Gasteiger partial charge in [0.05, 0.1) is 11.3 Å². The van der Waals surface area contributed by atoms with E-state index < -0.39 is 10.0 Å². The van der Waals surface area contributed by atoms with Crippen LogP contribution in [-0.2, 0) is 10.0 Å². The molecule has 1 rings (SSSR count). The first-order chi connectivity index (χ1) is 7.29. The number of amides is 1. The van der Waals surface area contributed by atoms with Crippen LogP contribution in [0.4, 0.5) is 0 Å². The largest absolute Gasteiger partial charge is 0.466 e. The van der Waals surface area contributed by atoms with E-state index in [1.807, 2.05) is 0 Å². The van der Waals surface area contributed by atoms with Crippen LogP contribution in [0.25, 0.3) is 0 Å². The zero-order valence-electron chi connectivity index (χ0n) is 9.11. The van der Waals surface area contributed by atoms with Gasteiger partial charge in [0, 0.05) is 6.54 Å². The number of carbonyl (C=O) groups excluding carboxylic acids is 1. The van der Waals surface area contributed by atoms with E-state index in [0.717, 1.165) is 0 Å². The number of nitrogens with two attached hydrogens (primary N) is 1. The summed E-state index contributed by atoms with van der Waals surface area (Å²) in [6.45, 7) is 3.39. The molecule has 0 saturated heterocycles. The van der Waals surface area contributed by atoms with E-state index in [-0.39, 0.29) is 18.2 Å². The molecular formula is C9H14N2O4S. The Morgan fingerprint density at radius 1 is 1.50 bits per heavy atom. The highest BCUT2D eigenvalue weighted by atomic mass is 32.2. The fourth-order valence-corrected chi connectivity index (χ4v) is 1.64. The predicted molar refractivity (Wildman–Crippen MR) is 58.5 cm³/mol. The normalized spacial score (nSPS) is 11.4. The van der Waals surface area contributed by atoms with Crippen molar-refractivity contribution in [1.29, 1.82) is 0 Å². The predicted octanol–water partition coefficient (Wildman–Crippen LogP) is -0.0853. The maximum absolute atomic E-state index is 11.6. The van der Waals surface area contributed by atoms with Crippen LogP contribution in [-0.4, -0.2) is 26.6 Å². The molecule has 16 heavy (non-hydrogen) atoms. The van der Waals surface area contributed by atoms with Gasteiger partial charge in [0.25, 0.3) is 5.91 Å². The minimum Gasteiger partial charge on any atom is -0.466 e. The summed E-state index contributed by atoms with van der Waals surface area (Å²) in [5.41, 5.74) is 0.409. The first-order valence-electron chi connectivity index (χ1n) is 4.65. The van der Waals surface area contributed by atoms with E-state index >= 15 is 0 Å². The molecule has 0 aliphatic rings. The van der Waals surface area contributed by atoms with Gasteiger partial charge in [-0.25, -0.2) is 13.6 Å². The van der Waals surface area contributed by atoms with Crippen molar-refractivity contribution in [3.63, 3.8) is 0 Å². The van der Waals surface area contributed by atoms with Crippen molar-refractivity contribution in [3.05, 3.63) is 23.2 Å². The second kappa shape index (κ2) is 4.67. The van der Waals surface area contributed by atoms with E-state index in [1.54, 1.807) is 19.9 Å². The number of nitrogens with one attached hydrogen (secondary N) is 1. The number of carbonyl (C=O) groups is 1. The maximum Gasteiger partial charge on any atom is 0.254 e. The second-order valence-electron chi connectivity index (χ2n) is 3.45. The van der Waals surface area contributed by atoms with Crippen molar-refractivity contribution in [3.8, 4) is 0 Å². The molecule has 0 bridgehead atoms. The summed E-state index contributed by atoms with van der Waals surface area (Å²) < 4.78 is 26.4. The Balaban J connectivity index is 2.57. The molecule has 1 aromatic rings. The van der Waals surface area contributed by atoms with Gasteiger partial charge in [-0.1, -0.05) is 0 Å². The molecular weight excluding hydrogens is 232 g/mol. The van der Waals surface area contributed by atoms with Gasteiger partial charge in [0.1, 0.15) is 11.5 Å². The molecule has 0 aliphatic carbocycles. The first kappa shape index (κ1) is 12.7. The fraction of sp³-hybridized carbons (Fsp3) is 0.444. The summed E-state index contributed by atoms with van der Waals surface area (Å²) in [6, 6.07) is 1.60. The molecule has 0 unspecified atom stereocenters. The third-order valence-electron chi connectivity index (χ3n) is 1.96. The summed E-state index contributed by atoms with van der Waals surface area (Å²) >= 11 is 0. The number of furan rings is 1. The van der Waals surface area contributed by atoms with Gasteiger partial charge in [-0.15, -0.1) is 0 Å². The van der Waals surface area contributed by atoms with Gasteiger partial charge in [-0.2, -0.15) is 0 Å². The summed E-state index contributed by atoms with van der Waals surface area (Å²) in [4.78, 5) is 11.6. The second-order valence-corrected chi connectivity index (χ2v) is 5.18. The Kier molecular flexibility index (Phi) is 3.71. The molecule has 6 nitrogen and oxygen atoms in total. The van der Waals surface area contributed by atoms with Gasteiger partial charge in [0.2, 0.25) is 10.0 Å². The SMILES string of the molecule is Cc1cc(C(=O)NCCS(N)(=O)=O)c(C)o1. The zero-order chi connectivity index (χ0) is 12.3. The smallest absolute Gasteiger partial charge is 0.254 e. The highest BCUT2D eigenvalue weighted by Crippen LogP contribution is 2.12. The highest BCUT2D eigenvalue weighted by molar-refractivity contribution is 7.89.